The van der Waals surface area contributed by atoms with Crippen LogP contribution >= 0.6 is 0 Å². The molecule has 2 aromatic carbocycles. The summed E-state index contributed by atoms with van der Waals surface area (Å²) >= 11 is 0. The fraction of sp³-hybridized carbons (Fsp3) is 0.235. The monoisotopic (exact) mass is 301 g/mol. The van der Waals surface area contributed by atoms with Gasteiger partial charge in [0.25, 0.3) is 0 Å². The van der Waals surface area contributed by atoms with Crippen LogP contribution in [0, 0.1) is 19.7 Å². The number of aliphatic hydroxyl groups is 1. The lowest BCUT2D eigenvalue weighted by Gasteiger charge is -2.11. The summed E-state index contributed by atoms with van der Waals surface area (Å²) in [4.78, 5) is 4.12. The largest absolute Gasteiger partial charge is 0.386 e. The summed E-state index contributed by atoms with van der Waals surface area (Å²) < 4.78 is 12.8. The maximum atomic E-state index is 12.8. The molecule has 1 atom stereocenters. The minimum Gasteiger partial charge on any atom is -0.386 e. The first kappa shape index (κ1) is 16.0. The molecule has 2 aromatic rings. The van der Waals surface area contributed by atoms with E-state index < -0.39 is 6.10 Å². The first-order valence-corrected chi connectivity index (χ1v) is 7.03. The molecule has 22 heavy (non-hydrogen) atoms. The highest BCUT2D eigenvalue weighted by Gasteiger charge is 2.07. The third kappa shape index (κ3) is 4.56. The van der Waals surface area contributed by atoms with Crippen LogP contribution in [-0.4, -0.2) is 17.6 Å². The van der Waals surface area contributed by atoms with Gasteiger partial charge in [0, 0.05) is 5.69 Å². The van der Waals surface area contributed by atoms with Crippen LogP contribution in [0.1, 0.15) is 22.8 Å². The molecule has 116 valence electrons. The fourth-order valence-corrected chi connectivity index (χ4v) is 2.21. The second kappa shape index (κ2) is 7.04. The van der Waals surface area contributed by atoms with Crippen molar-refractivity contribution in [1.29, 1.82) is 0 Å². The molecule has 0 amide bonds. The Kier molecular flexibility index (Phi) is 5.12. The van der Waals surface area contributed by atoms with Crippen LogP contribution in [0.5, 0.6) is 0 Å². The van der Waals surface area contributed by atoms with Crippen LogP contribution in [0.15, 0.2) is 47.5 Å². The number of guanidine groups is 1. The summed E-state index contributed by atoms with van der Waals surface area (Å²) in [5.41, 5.74) is 9.53. The number of nitrogens with zero attached hydrogens (tertiary/aromatic N) is 1. The lowest BCUT2D eigenvalue weighted by Crippen LogP contribution is -2.23. The van der Waals surface area contributed by atoms with Crippen LogP contribution in [0.4, 0.5) is 10.1 Å². The lowest BCUT2D eigenvalue weighted by molar-refractivity contribution is 0.187. The molecule has 5 heteroatoms. The molecule has 0 radical (unpaired) electrons. The second-order valence-electron chi connectivity index (χ2n) is 5.29. The molecule has 0 fully saturated rings. The van der Waals surface area contributed by atoms with Gasteiger partial charge in [-0.25, -0.2) is 4.39 Å². The molecule has 1 unspecified atom stereocenters. The predicted molar refractivity (Wildman–Crippen MR) is 87.4 cm³/mol. The summed E-state index contributed by atoms with van der Waals surface area (Å²) in [5, 5.41) is 13.0. The van der Waals surface area contributed by atoms with Crippen LogP contribution in [0.3, 0.4) is 0 Å². The summed E-state index contributed by atoms with van der Waals surface area (Å²) in [6.07, 6.45) is -0.819. The predicted octanol–water partition coefficient (Wildman–Crippen LogP) is 2.90. The van der Waals surface area contributed by atoms with E-state index in [-0.39, 0.29) is 18.3 Å². The molecule has 0 aromatic heterocycles. The summed E-state index contributed by atoms with van der Waals surface area (Å²) in [6.45, 7) is 4.11. The number of aliphatic imine (C=N–C) groups is 1. The van der Waals surface area contributed by atoms with E-state index in [2.05, 4.69) is 16.4 Å². The van der Waals surface area contributed by atoms with Crippen LogP contribution in [-0.2, 0) is 0 Å². The minimum atomic E-state index is -0.819. The van der Waals surface area contributed by atoms with Gasteiger partial charge in [0.05, 0.1) is 12.6 Å². The molecule has 0 spiro atoms. The van der Waals surface area contributed by atoms with E-state index in [0.29, 0.717) is 5.56 Å². The third-order valence-electron chi connectivity index (χ3n) is 3.18. The zero-order chi connectivity index (χ0) is 16.1. The van der Waals surface area contributed by atoms with Crippen molar-refractivity contribution in [3.8, 4) is 0 Å². The standard InChI is InChI=1S/C17H20FN3O/c1-11-7-12(2)9-15(8-11)21-17(19)20-10-16(22)13-3-5-14(18)6-4-13/h3-9,16,22H,10H2,1-2H3,(H3,19,20,21). The quantitative estimate of drug-likeness (QED) is 0.600. The van der Waals surface area contributed by atoms with Crippen LogP contribution in [0.2, 0.25) is 0 Å². The Morgan fingerprint density at radius 3 is 2.36 bits per heavy atom. The summed E-state index contributed by atoms with van der Waals surface area (Å²) in [5.74, 6) is -0.110. The number of aliphatic hydroxyl groups excluding tert-OH is 1. The highest BCUT2D eigenvalue weighted by Crippen LogP contribution is 2.15. The van der Waals surface area contributed by atoms with Gasteiger partial charge in [0.15, 0.2) is 5.96 Å². The smallest absolute Gasteiger partial charge is 0.193 e. The Bertz CT molecular complexity index is 648. The zero-order valence-corrected chi connectivity index (χ0v) is 12.7. The van der Waals surface area contributed by atoms with Gasteiger partial charge in [-0.3, -0.25) is 4.99 Å². The van der Waals surface area contributed by atoms with E-state index >= 15 is 0 Å². The molecule has 0 aliphatic heterocycles. The molecule has 2 rings (SSSR count). The Labute approximate surface area is 129 Å². The molecule has 4 nitrogen and oxygen atoms in total. The van der Waals surface area contributed by atoms with E-state index in [1.165, 1.54) is 24.3 Å². The number of aryl methyl sites for hydroxylation is 2. The molecule has 0 aliphatic rings. The molecule has 0 bridgehead atoms. The first-order chi connectivity index (χ1) is 10.4. The van der Waals surface area contributed by atoms with Crippen molar-refractivity contribution in [3.05, 3.63) is 65.0 Å². The van der Waals surface area contributed by atoms with Gasteiger partial charge in [0.1, 0.15) is 5.82 Å². The second-order valence-corrected chi connectivity index (χ2v) is 5.29. The van der Waals surface area contributed by atoms with Gasteiger partial charge in [-0.15, -0.1) is 0 Å². The van der Waals surface area contributed by atoms with E-state index in [0.717, 1.165) is 16.8 Å². The lowest BCUT2D eigenvalue weighted by atomic mass is 10.1. The van der Waals surface area contributed by atoms with Crippen molar-refractivity contribution in [3.63, 3.8) is 0 Å². The SMILES string of the molecule is Cc1cc(C)cc(NC(N)=NCC(O)c2ccc(F)cc2)c1. The van der Waals surface area contributed by atoms with Crippen molar-refractivity contribution in [2.24, 2.45) is 10.7 Å². The Morgan fingerprint density at radius 2 is 1.77 bits per heavy atom. The van der Waals surface area contributed by atoms with Gasteiger partial charge < -0.3 is 16.2 Å². The van der Waals surface area contributed by atoms with Gasteiger partial charge in [-0.2, -0.15) is 0 Å². The zero-order valence-electron chi connectivity index (χ0n) is 12.7. The van der Waals surface area contributed by atoms with Crippen molar-refractivity contribution in [1.82, 2.24) is 0 Å². The minimum absolute atomic E-state index is 0.106. The Morgan fingerprint density at radius 1 is 1.18 bits per heavy atom. The van der Waals surface area contributed by atoms with Crippen LogP contribution < -0.4 is 11.1 Å². The fourth-order valence-electron chi connectivity index (χ4n) is 2.21. The molecular formula is C17H20FN3O. The number of rotatable bonds is 4. The molecule has 0 heterocycles. The molecule has 0 saturated heterocycles. The van der Waals surface area contributed by atoms with E-state index in [1.54, 1.807) is 0 Å². The molecule has 0 aliphatic carbocycles. The number of hydrogen-bond acceptors (Lipinski definition) is 2. The molecule has 0 saturated carbocycles. The maximum Gasteiger partial charge on any atom is 0.193 e. The van der Waals surface area contributed by atoms with Crippen LogP contribution in [0.25, 0.3) is 0 Å². The van der Waals surface area contributed by atoms with Crippen molar-refractivity contribution in [2.75, 3.05) is 11.9 Å². The van der Waals surface area contributed by atoms with Crippen molar-refractivity contribution in [2.45, 2.75) is 20.0 Å². The number of nitrogens with one attached hydrogen (secondary N) is 1. The number of benzene rings is 2. The van der Waals surface area contributed by atoms with E-state index in [1.807, 2.05) is 26.0 Å². The van der Waals surface area contributed by atoms with E-state index in [9.17, 15) is 9.50 Å². The number of anilines is 1. The first-order valence-electron chi connectivity index (χ1n) is 7.03. The topological polar surface area (TPSA) is 70.6 Å². The normalized spacial score (nSPS) is 13.0. The van der Waals surface area contributed by atoms with Gasteiger partial charge in [-0.1, -0.05) is 18.2 Å². The summed E-state index contributed by atoms with van der Waals surface area (Å²) in [7, 11) is 0. The number of nitrogens with two attached hydrogens (primary N) is 1. The summed E-state index contributed by atoms with van der Waals surface area (Å²) in [6, 6.07) is 11.7. The maximum absolute atomic E-state index is 12.8. The van der Waals surface area contributed by atoms with Gasteiger partial charge in [-0.05, 0) is 54.8 Å². The highest BCUT2D eigenvalue weighted by molar-refractivity contribution is 5.92. The average molecular weight is 301 g/mol. The van der Waals surface area contributed by atoms with Gasteiger partial charge in [0.2, 0.25) is 0 Å². The van der Waals surface area contributed by atoms with Crippen molar-refractivity contribution >= 4 is 11.6 Å². The van der Waals surface area contributed by atoms with E-state index in [4.69, 9.17) is 5.73 Å². The molecule has 4 N–H and O–H groups in total. The van der Waals surface area contributed by atoms with Crippen molar-refractivity contribution < 1.29 is 9.50 Å². The number of hydrogen-bond donors (Lipinski definition) is 3. The average Bonchev–Trinajstić information content (AvgIpc) is 2.44. The Balaban J connectivity index is 1.98. The third-order valence-corrected chi connectivity index (χ3v) is 3.18. The number of halogens is 1. The highest BCUT2D eigenvalue weighted by atomic mass is 19.1. The Hall–Kier alpha value is -2.40. The van der Waals surface area contributed by atoms with Gasteiger partial charge >= 0.3 is 0 Å². The molecular weight excluding hydrogens is 281 g/mol.